The largest absolute Gasteiger partial charge is 0.466 e. The van der Waals surface area contributed by atoms with E-state index in [9.17, 15) is 14.4 Å². The minimum Gasteiger partial charge on any atom is -0.466 e. The quantitative estimate of drug-likeness (QED) is 0.417. The van der Waals surface area contributed by atoms with Gasteiger partial charge in [0, 0.05) is 11.8 Å². The lowest BCUT2D eigenvalue weighted by Crippen LogP contribution is -2.14. The van der Waals surface area contributed by atoms with Gasteiger partial charge in [-0.1, -0.05) is 0 Å². The van der Waals surface area contributed by atoms with Crippen molar-refractivity contribution in [2.24, 2.45) is 0 Å². The van der Waals surface area contributed by atoms with E-state index in [2.05, 4.69) is 9.72 Å². The highest BCUT2D eigenvalue weighted by Gasteiger charge is 2.13. The number of carbonyl (C=O) groups is 3. The molecule has 17 heavy (non-hydrogen) atoms. The summed E-state index contributed by atoms with van der Waals surface area (Å²) in [5, 5.41) is 0. The molecule has 0 amide bonds. The average Bonchev–Trinajstić information content (AvgIpc) is 2.29. The summed E-state index contributed by atoms with van der Waals surface area (Å²) in [6, 6.07) is 3.19. The molecule has 0 bridgehead atoms. The Morgan fingerprint density at radius 2 is 2.24 bits per heavy atom. The molecule has 0 atom stereocenters. The standard InChI is InChI=1S/C12H13NO4/c1-2-17-12(16)7-10(15)6-11-9(8-14)4-3-5-13-11/h3-5,8H,2,6-7H2,1H3. The Kier molecular flexibility index (Phi) is 5.00. The second kappa shape index (κ2) is 6.52. The molecule has 0 aliphatic heterocycles. The molecule has 0 saturated carbocycles. The van der Waals surface area contributed by atoms with Crippen molar-refractivity contribution in [2.45, 2.75) is 19.8 Å². The molecule has 1 heterocycles. The molecule has 0 aliphatic rings. The first-order chi connectivity index (χ1) is 8.17. The van der Waals surface area contributed by atoms with E-state index in [0.29, 0.717) is 17.5 Å². The van der Waals surface area contributed by atoms with Gasteiger partial charge in [-0.25, -0.2) is 0 Å². The van der Waals surface area contributed by atoms with Gasteiger partial charge in [-0.05, 0) is 19.1 Å². The zero-order valence-electron chi connectivity index (χ0n) is 9.51. The molecule has 0 fully saturated rings. The first-order valence-corrected chi connectivity index (χ1v) is 5.23. The molecule has 0 aliphatic carbocycles. The minimum absolute atomic E-state index is 0.0340. The number of esters is 1. The summed E-state index contributed by atoms with van der Waals surface area (Å²) in [4.78, 5) is 37.2. The Labute approximate surface area is 98.8 Å². The predicted molar refractivity (Wildman–Crippen MR) is 59.6 cm³/mol. The number of carbonyl (C=O) groups excluding carboxylic acids is 3. The van der Waals surface area contributed by atoms with Crippen molar-refractivity contribution < 1.29 is 19.1 Å². The van der Waals surface area contributed by atoms with Gasteiger partial charge in [0.25, 0.3) is 0 Å². The van der Waals surface area contributed by atoms with Crippen LogP contribution in [0.5, 0.6) is 0 Å². The van der Waals surface area contributed by atoms with Crippen LogP contribution in [0.2, 0.25) is 0 Å². The minimum atomic E-state index is -0.555. The molecule has 1 aromatic heterocycles. The van der Waals surface area contributed by atoms with Gasteiger partial charge in [0.05, 0.1) is 18.7 Å². The smallest absolute Gasteiger partial charge is 0.313 e. The summed E-state index contributed by atoms with van der Waals surface area (Å²) in [7, 11) is 0. The summed E-state index contributed by atoms with van der Waals surface area (Å²) in [6.45, 7) is 1.92. The third kappa shape index (κ3) is 4.14. The summed E-state index contributed by atoms with van der Waals surface area (Å²) in [5.41, 5.74) is 0.751. The number of aromatic nitrogens is 1. The van der Waals surface area contributed by atoms with Crippen LogP contribution in [0.3, 0.4) is 0 Å². The fourth-order valence-electron chi connectivity index (χ4n) is 1.33. The van der Waals surface area contributed by atoms with Crippen LogP contribution in [-0.2, 0) is 20.7 Å². The Bertz CT molecular complexity index is 428. The number of nitrogens with zero attached hydrogens (tertiary/aromatic N) is 1. The SMILES string of the molecule is CCOC(=O)CC(=O)Cc1ncccc1C=O. The molecule has 0 saturated heterocycles. The third-order valence-electron chi connectivity index (χ3n) is 2.06. The van der Waals surface area contributed by atoms with Crippen molar-refractivity contribution in [3.05, 3.63) is 29.6 Å². The molecule has 5 heteroatoms. The maximum Gasteiger partial charge on any atom is 0.313 e. The second-order valence-electron chi connectivity index (χ2n) is 3.35. The lowest BCUT2D eigenvalue weighted by molar-refractivity contribution is -0.145. The van der Waals surface area contributed by atoms with E-state index in [-0.39, 0.29) is 25.2 Å². The Morgan fingerprint density at radius 3 is 2.88 bits per heavy atom. The Balaban J connectivity index is 2.62. The molecule has 0 unspecified atom stereocenters. The van der Waals surface area contributed by atoms with Crippen LogP contribution in [-0.4, -0.2) is 29.6 Å². The van der Waals surface area contributed by atoms with Gasteiger partial charge < -0.3 is 4.74 Å². The molecule has 1 aromatic rings. The Morgan fingerprint density at radius 1 is 1.47 bits per heavy atom. The van der Waals surface area contributed by atoms with Crippen LogP contribution in [0, 0.1) is 0 Å². The van der Waals surface area contributed by atoms with Gasteiger partial charge in [-0.2, -0.15) is 0 Å². The van der Waals surface area contributed by atoms with Gasteiger partial charge in [-0.3, -0.25) is 19.4 Å². The van der Waals surface area contributed by atoms with Crippen LogP contribution < -0.4 is 0 Å². The van der Waals surface area contributed by atoms with Gasteiger partial charge in [-0.15, -0.1) is 0 Å². The highest BCUT2D eigenvalue weighted by molar-refractivity contribution is 5.97. The summed E-state index contributed by atoms with van der Waals surface area (Å²) >= 11 is 0. The van der Waals surface area contributed by atoms with Gasteiger partial charge in [0.15, 0.2) is 6.29 Å². The molecular formula is C12H13NO4. The van der Waals surface area contributed by atoms with Gasteiger partial charge in [0.2, 0.25) is 0 Å². The maximum absolute atomic E-state index is 11.5. The lowest BCUT2D eigenvalue weighted by Gasteiger charge is -2.03. The second-order valence-corrected chi connectivity index (χ2v) is 3.35. The molecule has 0 radical (unpaired) electrons. The van der Waals surface area contributed by atoms with E-state index < -0.39 is 5.97 Å². The normalized spacial score (nSPS) is 9.71. The highest BCUT2D eigenvalue weighted by Crippen LogP contribution is 2.05. The van der Waals surface area contributed by atoms with Crippen molar-refractivity contribution in [1.82, 2.24) is 4.98 Å². The number of rotatable bonds is 6. The zero-order chi connectivity index (χ0) is 12.7. The molecule has 90 valence electrons. The number of aldehydes is 1. The molecule has 5 nitrogen and oxygen atoms in total. The Hall–Kier alpha value is -2.04. The van der Waals surface area contributed by atoms with Crippen molar-refractivity contribution in [3.63, 3.8) is 0 Å². The zero-order valence-corrected chi connectivity index (χ0v) is 9.51. The number of pyridine rings is 1. The van der Waals surface area contributed by atoms with Crippen molar-refractivity contribution in [1.29, 1.82) is 0 Å². The number of hydrogen-bond acceptors (Lipinski definition) is 5. The number of ether oxygens (including phenoxy) is 1. The monoisotopic (exact) mass is 235 g/mol. The topological polar surface area (TPSA) is 73.3 Å². The third-order valence-corrected chi connectivity index (χ3v) is 2.06. The van der Waals surface area contributed by atoms with Crippen LogP contribution in [0.25, 0.3) is 0 Å². The van der Waals surface area contributed by atoms with E-state index in [1.807, 2.05) is 0 Å². The van der Waals surface area contributed by atoms with E-state index in [1.165, 1.54) is 6.20 Å². The van der Waals surface area contributed by atoms with Crippen LogP contribution in [0.4, 0.5) is 0 Å². The average molecular weight is 235 g/mol. The molecule has 0 aromatic carbocycles. The van der Waals surface area contributed by atoms with Gasteiger partial charge >= 0.3 is 5.97 Å². The summed E-state index contributed by atoms with van der Waals surface area (Å²) in [6.07, 6.45) is 1.82. The highest BCUT2D eigenvalue weighted by atomic mass is 16.5. The van der Waals surface area contributed by atoms with Crippen LogP contribution in [0.1, 0.15) is 29.4 Å². The molecule has 0 spiro atoms. The van der Waals surface area contributed by atoms with E-state index in [1.54, 1.807) is 19.1 Å². The van der Waals surface area contributed by atoms with E-state index >= 15 is 0 Å². The maximum atomic E-state index is 11.5. The van der Waals surface area contributed by atoms with Gasteiger partial charge in [0.1, 0.15) is 12.2 Å². The predicted octanol–water partition coefficient (Wildman–Crippen LogP) is 0.959. The number of ketones is 1. The van der Waals surface area contributed by atoms with E-state index in [4.69, 9.17) is 0 Å². The number of hydrogen-bond donors (Lipinski definition) is 0. The van der Waals surface area contributed by atoms with Crippen LogP contribution >= 0.6 is 0 Å². The fourth-order valence-corrected chi connectivity index (χ4v) is 1.33. The molecular weight excluding hydrogens is 222 g/mol. The van der Waals surface area contributed by atoms with Crippen molar-refractivity contribution >= 4 is 18.0 Å². The van der Waals surface area contributed by atoms with Crippen molar-refractivity contribution in [2.75, 3.05) is 6.61 Å². The fraction of sp³-hybridized carbons (Fsp3) is 0.333. The van der Waals surface area contributed by atoms with Crippen LogP contribution in [0.15, 0.2) is 18.3 Å². The molecule has 0 N–H and O–H groups in total. The first-order valence-electron chi connectivity index (χ1n) is 5.23. The van der Waals surface area contributed by atoms with Crippen molar-refractivity contribution in [3.8, 4) is 0 Å². The first kappa shape index (κ1) is 13.0. The summed E-state index contributed by atoms with van der Waals surface area (Å²) in [5.74, 6) is -0.869. The van der Waals surface area contributed by atoms with E-state index in [0.717, 1.165) is 0 Å². The summed E-state index contributed by atoms with van der Waals surface area (Å²) < 4.78 is 4.66. The molecule has 1 rings (SSSR count). The number of Topliss-reactive ketones (excluding diaryl/α,β-unsaturated/α-hetero) is 1. The lowest BCUT2D eigenvalue weighted by atomic mass is 10.1.